The maximum absolute atomic E-state index is 12.4. The molecule has 0 spiro atoms. The number of aryl methyl sites for hydroxylation is 1. The molecule has 0 aliphatic carbocycles. The molecule has 8 heteroatoms. The van der Waals surface area contributed by atoms with Crippen LogP contribution in [0.25, 0.3) is 0 Å². The van der Waals surface area contributed by atoms with Crippen molar-refractivity contribution in [2.75, 3.05) is 18.6 Å². The number of nitrogens with zero attached hydrogens (tertiary/aromatic N) is 3. The number of aromatic nitrogens is 2. The Morgan fingerprint density at radius 3 is 2.79 bits per heavy atom. The van der Waals surface area contributed by atoms with Gasteiger partial charge < -0.3 is 4.90 Å². The van der Waals surface area contributed by atoms with Gasteiger partial charge in [-0.2, -0.15) is 16.4 Å². The molecule has 3 rings (SSSR count). The Balaban J connectivity index is 1.81. The number of carbonyl (C=O) groups excluding carboxylic acids is 1. The second-order valence-corrected chi connectivity index (χ2v) is 9.33. The molecule has 2 aromatic heterocycles. The second-order valence-electron chi connectivity index (χ2n) is 6.32. The van der Waals surface area contributed by atoms with Crippen LogP contribution in [0.1, 0.15) is 39.8 Å². The van der Waals surface area contributed by atoms with Crippen molar-refractivity contribution in [3.05, 3.63) is 39.3 Å². The van der Waals surface area contributed by atoms with Crippen LogP contribution in [0, 0.1) is 13.8 Å². The van der Waals surface area contributed by atoms with Gasteiger partial charge in [0.2, 0.25) is 0 Å². The fourth-order valence-electron chi connectivity index (χ4n) is 3.17. The monoisotopic (exact) mass is 367 g/mol. The van der Waals surface area contributed by atoms with E-state index in [4.69, 9.17) is 0 Å². The molecule has 1 saturated heterocycles. The number of sulfone groups is 1. The van der Waals surface area contributed by atoms with Crippen LogP contribution in [0.4, 0.5) is 0 Å². The number of carbonyl (C=O) groups is 1. The average molecular weight is 367 g/mol. The molecule has 0 radical (unpaired) electrons. The summed E-state index contributed by atoms with van der Waals surface area (Å²) in [6.45, 7) is 4.32. The van der Waals surface area contributed by atoms with Crippen molar-refractivity contribution in [1.82, 2.24) is 14.7 Å². The van der Waals surface area contributed by atoms with Crippen molar-refractivity contribution in [2.45, 2.75) is 32.9 Å². The van der Waals surface area contributed by atoms with Gasteiger partial charge in [0, 0.05) is 30.2 Å². The highest BCUT2D eigenvalue weighted by Crippen LogP contribution is 2.27. The van der Waals surface area contributed by atoms with Gasteiger partial charge in [-0.15, -0.1) is 0 Å². The molecule has 24 heavy (non-hydrogen) atoms. The van der Waals surface area contributed by atoms with Gasteiger partial charge in [-0.3, -0.25) is 9.48 Å². The summed E-state index contributed by atoms with van der Waals surface area (Å²) in [6, 6.07) is 1.72. The van der Waals surface area contributed by atoms with Crippen LogP contribution in [0.5, 0.6) is 0 Å². The molecule has 1 aliphatic heterocycles. The highest BCUT2D eigenvalue weighted by molar-refractivity contribution is 7.91. The third kappa shape index (κ3) is 3.25. The summed E-state index contributed by atoms with van der Waals surface area (Å²) >= 11 is 1.50. The summed E-state index contributed by atoms with van der Waals surface area (Å²) in [6.07, 6.45) is 0.605. The van der Waals surface area contributed by atoms with Crippen LogP contribution in [0.2, 0.25) is 0 Å². The molecule has 0 N–H and O–H groups in total. The zero-order valence-electron chi connectivity index (χ0n) is 14.0. The van der Waals surface area contributed by atoms with Gasteiger partial charge in [-0.25, -0.2) is 8.42 Å². The first-order chi connectivity index (χ1) is 11.3. The lowest BCUT2D eigenvalue weighted by Crippen LogP contribution is -2.26. The van der Waals surface area contributed by atoms with E-state index in [0.717, 1.165) is 17.0 Å². The number of thiophene rings is 1. The Morgan fingerprint density at radius 1 is 1.46 bits per heavy atom. The number of hydrogen-bond donors (Lipinski definition) is 0. The van der Waals surface area contributed by atoms with Crippen molar-refractivity contribution >= 4 is 27.1 Å². The van der Waals surface area contributed by atoms with Crippen LogP contribution in [0.15, 0.2) is 16.8 Å². The van der Waals surface area contributed by atoms with Gasteiger partial charge in [-0.1, -0.05) is 0 Å². The predicted molar refractivity (Wildman–Crippen MR) is 94.1 cm³/mol. The number of amides is 1. The van der Waals surface area contributed by atoms with Gasteiger partial charge in [-0.05, 0) is 31.7 Å². The highest BCUT2D eigenvalue weighted by atomic mass is 32.2. The Morgan fingerprint density at radius 2 is 2.21 bits per heavy atom. The number of hydrogen-bond acceptors (Lipinski definition) is 5. The predicted octanol–water partition coefficient (Wildman–Crippen LogP) is 2.19. The van der Waals surface area contributed by atoms with E-state index >= 15 is 0 Å². The molecule has 1 fully saturated rings. The first-order valence-electron chi connectivity index (χ1n) is 7.81. The smallest absolute Gasteiger partial charge is 0.254 e. The molecule has 0 saturated carbocycles. The number of rotatable bonds is 4. The molecule has 1 amide bonds. The first-order valence-corrected chi connectivity index (χ1v) is 10.6. The Hall–Kier alpha value is -1.67. The molecule has 1 atom stereocenters. The summed E-state index contributed by atoms with van der Waals surface area (Å²) < 4.78 is 25.3. The largest absolute Gasteiger partial charge is 0.337 e. The van der Waals surface area contributed by atoms with Crippen LogP contribution in [-0.2, 0) is 16.4 Å². The molecule has 0 unspecified atom stereocenters. The lowest BCUT2D eigenvalue weighted by atomic mass is 10.1. The minimum atomic E-state index is -2.95. The SMILES string of the molecule is Cc1nn([C@@H]2CCS(=O)(=O)C2)c(C)c1CN(C)C(=O)c1ccsc1. The molecule has 0 aromatic carbocycles. The van der Waals surface area contributed by atoms with Gasteiger partial charge >= 0.3 is 0 Å². The molecule has 130 valence electrons. The zero-order valence-corrected chi connectivity index (χ0v) is 15.7. The van der Waals surface area contributed by atoms with E-state index in [1.54, 1.807) is 11.9 Å². The summed E-state index contributed by atoms with van der Waals surface area (Å²) in [5, 5.41) is 8.27. The van der Waals surface area contributed by atoms with E-state index in [1.165, 1.54) is 11.3 Å². The standard InChI is InChI=1S/C16H21N3O3S2/c1-11-15(8-18(3)16(20)13-4-6-23-9-13)12(2)19(17-11)14-5-7-24(21,22)10-14/h4,6,9,14H,5,7-8,10H2,1-3H3/t14-/m1/s1. The van der Waals surface area contributed by atoms with E-state index < -0.39 is 9.84 Å². The lowest BCUT2D eigenvalue weighted by molar-refractivity contribution is 0.0785. The normalized spacial score (nSPS) is 19.5. The minimum absolute atomic E-state index is 0.0220. The average Bonchev–Trinajstić information content (AvgIpc) is 3.22. The van der Waals surface area contributed by atoms with Crippen molar-refractivity contribution in [3.8, 4) is 0 Å². The minimum Gasteiger partial charge on any atom is -0.337 e. The molecule has 6 nitrogen and oxygen atoms in total. The van der Waals surface area contributed by atoms with E-state index in [9.17, 15) is 13.2 Å². The highest BCUT2D eigenvalue weighted by Gasteiger charge is 2.31. The molecule has 0 bridgehead atoms. The van der Waals surface area contributed by atoms with Gasteiger partial charge in [0.05, 0.1) is 28.8 Å². The molecule has 2 aromatic rings. The molecular formula is C16H21N3O3S2. The van der Waals surface area contributed by atoms with E-state index in [2.05, 4.69) is 5.10 Å². The quantitative estimate of drug-likeness (QED) is 0.830. The first kappa shape index (κ1) is 17.2. The van der Waals surface area contributed by atoms with Crippen molar-refractivity contribution in [3.63, 3.8) is 0 Å². The molecule has 1 aliphatic rings. The van der Waals surface area contributed by atoms with Crippen molar-refractivity contribution in [1.29, 1.82) is 0 Å². The third-order valence-electron chi connectivity index (χ3n) is 4.54. The van der Waals surface area contributed by atoms with Crippen molar-refractivity contribution < 1.29 is 13.2 Å². The van der Waals surface area contributed by atoms with Crippen molar-refractivity contribution in [2.24, 2.45) is 0 Å². The van der Waals surface area contributed by atoms with E-state index in [-0.39, 0.29) is 23.5 Å². The summed E-state index contributed by atoms with van der Waals surface area (Å²) in [5.74, 6) is 0.353. The van der Waals surface area contributed by atoms with Gasteiger partial charge in [0.1, 0.15) is 0 Å². The lowest BCUT2D eigenvalue weighted by Gasteiger charge is -2.17. The Labute approximate surface area is 146 Å². The Kier molecular flexibility index (Phi) is 4.52. The van der Waals surface area contributed by atoms with Gasteiger partial charge in [0.15, 0.2) is 9.84 Å². The van der Waals surface area contributed by atoms with Crippen LogP contribution >= 0.6 is 11.3 Å². The molecule has 3 heterocycles. The summed E-state index contributed by atoms with van der Waals surface area (Å²) in [5.41, 5.74) is 3.47. The maximum atomic E-state index is 12.4. The maximum Gasteiger partial charge on any atom is 0.254 e. The fraction of sp³-hybridized carbons (Fsp3) is 0.500. The Bertz CT molecular complexity index is 854. The molecular weight excluding hydrogens is 346 g/mol. The third-order valence-corrected chi connectivity index (χ3v) is 6.97. The fourth-order valence-corrected chi connectivity index (χ4v) is 5.49. The van der Waals surface area contributed by atoms with Gasteiger partial charge in [0.25, 0.3) is 5.91 Å². The summed E-state index contributed by atoms with van der Waals surface area (Å²) in [7, 11) is -1.18. The topological polar surface area (TPSA) is 72.3 Å². The summed E-state index contributed by atoms with van der Waals surface area (Å²) in [4.78, 5) is 14.1. The second kappa shape index (κ2) is 6.33. The van der Waals surface area contributed by atoms with Crippen LogP contribution in [-0.4, -0.2) is 47.6 Å². The van der Waals surface area contributed by atoms with E-state index in [0.29, 0.717) is 18.5 Å². The van der Waals surface area contributed by atoms with E-state index in [1.807, 2.05) is 35.4 Å². The zero-order chi connectivity index (χ0) is 17.5. The van der Waals surface area contributed by atoms with Crippen LogP contribution in [0.3, 0.4) is 0 Å². The van der Waals surface area contributed by atoms with Crippen LogP contribution < -0.4 is 0 Å².